The van der Waals surface area contributed by atoms with Crippen molar-refractivity contribution in [1.29, 1.82) is 0 Å². The summed E-state index contributed by atoms with van der Waals surface area (Å²) in [5.74, 6) is 0. The normalized spacial score (nSPS) is 14.0. The van der Waals surface area contributed by atoms with E-state index < -0.39 is 12.3 Å². The highest BCUT2D eigenvalue weighted by atomic mass is 31.2. The lowest BCUT2D eigenvalue weighted by Gasteiger charge is -2.19. The molecular weight excluding hydrogens is 327 g/mol. The molecule has 0 saturated carbocycles. The molecule has 0 radical (unpaired) electrons. The highest BCUT2D eigenvalue weighted by Gasteiger charge is 2.26. The molecule has 24 heavy (non-hydrogen) atoms. The van der Waals surface area contributed by atoms with Crippen molar-refractivity contribution < 1.29 is 14.0 Å². The maximum atomic E-state index is 13.2. The third-order valence-corrected chi connectivity index (χ3v) is 5.55. The van der Waals surface area contributed by atoms with Crippen molar-refractivity contribution in [3.63, 3.8) is 0 Å². The first kappa shape index (κ1) is 18.0. The maximum absolute atomic E-state index is 13.2. The quantitative estimate of drug-likeness (QED) is 0.328. The van der Waals surface area contributed by atoms with Crippen molar-refractivity contribution >= 4 is 24.6 Å². The third-order valence-electron chi connectivity index (χ3n) is 3.16. The van der Waals surface area contributed by atoms with Gasteiger partial charge in [0.15, 0.2) is 0 Å². The Balaban J connectivity index is 2.26. The Morgan fingerprint density at radius 1 is 1.17 bits per heavy atom. The molecule has 0 fully saturated rings. The zero-order chi connectivity index (χ0) is 17.6. The fourth-order valence-electron chi connectivity index (χ4n) is 2.18. The van der Waals surface area contributed by atoms with Crippen molar-refractivity contribution in [1.82, 2.24) is 0 Å². The lowest BCUT2D eigenvalue weighted by Crippen LogP contribution is -2.13. The number of nitro benzene ring substituents is 1. The molecule has 126 valence electrons. The Hall–Kier alpha value is -2.30. The van der Waals surface area contributed by atoms with Gasteiger partial charge in [0.2, 0.25) is 0 Å². The van der Waals surface area contributed by atoms with Crippen LogP contribution in [-0.2, 0) is 9.09 Å². The number of benzene rings is 2. The van der Waals surface area contributed by atoms with E-state index in [-0.39, 0.29) is 18.1 Å². The summed E-state index contributed by atoms with van der Waals surface area (Å²) in [4.78, 5) is 14.7. The van der Waals surface area contributed by atoms with E-state index in [1.165, 1.54) is 12.3 Å². The second kappa shape index (κ2) is 7.99. The van der Waals surface area contributed by atoms with Crippen molar-refractivity contribution in [3.05, 3.63) is 70.3 Å². The Bertz CT molecular complexity index is 775. The van der Waals surface area contributed by atoms with Crippen LogP contribution >= 0.6 is 7.37 Å². The molecule has 7 heteroatoms. The van der Waals surface area contributed by atoms with E-state index in [0.717, 1.165) is 0 Å². The topological polar surface area (TPSA) is 81.8 Å². The van der Waals surface area contributed by atoms with Gasteiger partial charge >= 0.3 is 0 Å². The van der Waals surface area contributed by atoms with E-state index in [9.17, 15) is 14.7 Å². The van der Waals surface area contributed by atoms with Gasteiger partial charge in [-0.15, -0.1) is 0 Å². The molecule has 0 aliphatic rings. The highest BCUT2D eigenvalue weighted by molar-refractivity contribution is 7.67. The highest BCUT2D eigenvalue weighted by Crippen LogP contribution is 2.46. The molecule has 0 spiro atoms. The van der Waals surface area contributed by atoms with Gasteiger partial charge in [0.1, 0.15) is 6.29 Å². The van der Waals surface area contributed by atoms with Crippen LogP contribution in [0.1, 0.15) is 19.4 Å². The number of nitro groups is 1. The summed E-state index contributed by atoms with van der Waals surface area (Å²) in [6.45, 7) is 3.61. The third kappa shape index (κ3) is 4.60. The molecule has 0 bridgehead atoms. The summed E-state index contributed by atoms with van der Waals surface area (Å²) in [5.41, 5.74) is 0.326. The number of hydrogen-bond donors (Lipinski definition) is 0. The van der Waals surface area contributed by atoms with Gasteiger partial charge < -0.3 is 4.52 Å². The molecule has 2 aromatic rings. The van der Waals surface area contributed by atoms with Crippen molar-refractivity contribution in [2.45, 2.75) is 20.0 Å². The smallest absolute Gasteiger partial charge is 0.278 e. The second-order valence-corrected chi connectivity index (χ2v) is 7.79. The summed E-state index contributed by atoms with van der Waals surface area (Å²) in [5, 5.41) is 11.6. The Labute approximate surface area is 140 Å². The minimum atomic E-state index is -3.17. The molecule has 0 aliphatic heterocycles. The number of para-hydroxylation sites is 1. The number of rotatable bonds is 7. The molecule has 1 atom stereocenters. The second-order valence-electron chi connectivity index (χ2n) is 5.43. The Kier molecular flexibility index (Phi) is 6.01. The number of hydrogen-bond acceptors (Lipinski definition) is 5. The summed E-state index contributed by atoms with van der Waals surface area (Å²) in [6, 6.07) is 15.2. The zero-order valence-electron chi connectivity index (χ0n) is 13.5. The Morgan fingerprint density at radius 2 is 1.79 bits per heavy atom. The first-order chi connectivity index (χ1) is 11.4. The van der Waals surface area contributed by atoms with Crippen LogP contribution in [0.2, 0.25) is 0 Å². The lowest BCUT2D eigenvalue weighted by atomic mass is 10.2. The fraction of sp³-hybridized carbons (Fsp3) is 0.235. The zero-order valence-corrected chi connectivity index (χ0v) is 14.4. The van der Waals surface area contributed by atoms with E-state index in [1.807, 2.05) is 6.07 Å². The van der Waals surface area contributed by atoms with Crippen LogP contribution in [0.5, 0.6) is 0 Å². The monoisotopic (exact) mass is 346 g/mol. The molecule has 0 heterocycles. The molecule has 0 amide bonds. The summed E-state index contributed by atoms with van der Waals surface area (Å²) < 4.78 is 18.8. The maximum Gasteiger partial charge on any atom is 0.278 e. The van der Waals surface area contributed by atoms with E-state index >= 15 is 0 Å². The van der Waals surface area contributed by atoms with Gasteiger partial charge in [0.25, 0.3) is 13.1 Å². The van der Waals surface area contributed by atoms with Gasteiger partial charge in [-0.25, -0.2) is 0 Å². The van der Waals surface area contributed by atoms with E-state index in [2.05, 4.69) is 4.99 Å². The fourth-order valence-corrected chi connectivity index (χ4v) is 4.14. The van der Waals surface area contributed by atoms with Crippen LogP contribution in [0, 0.1) is 10.1 Å². The van der Waals surface area contributed by atoms with Gasteiger partial charge in [-0.2, -0.15) is 0 Å². The number of aliphatic imine (C=N–C) groups is 1. The van der Waals surface area contributed by atoms with Gasteiger partial charge in [0, 0.05) is 17.6 Å². The molecule has 0 N–H and O–H groups in total. The predicted molar refractivity (Wildman–Crippen MR) is 95.5 cm³/mol. The minimum absolute atomic E-state index is 0.0411. The summed E-state index contributed by atoms with van der Waals surface area (Å²) in [6.07, 6.45) is 1.08. The SMILES string of the molecule is CC(C)OP(=O)(C/N=C/c1ccccc1[N+](=O)[O-])c1ccccc1. The predicted octanol–water partition coefficient (Wildman–Crippen LogP) is 4.00. The van der Waals surface area contributed by atoms with Crippen molar-refractivity contribution in [3.8, 4) is 0 Å². The van der Waals surface area contributed by atoms with Crippen LogP contribution in [0.3, 0.4) is 0 Å². The van der Waals surface area contributed by atoms with E-state index in [0.29, 0.717) is 10.9 Å². The lowest BCUT2D eigenvalue weighted by molar-refractivity contribution is -0.385. The van der Waals surface area contributed by atoms with E-state index in [4.69, 9.17) is 4.52 Å². The van der Waals surface area contributed by atoms with Crippen LogP contribution < -0.4 is 5.30 Å². The van der Waals surface area contributed by atoms with Gasteiger partial charge in [0.05, 0.1) is 16.6 Å². The largest absolute Gasteiger partial charge is 0.321 e. The molecular formula is C17H19N2O4P. The van der Waals surface area contributed by atoms with Crippen molar-refractivity contribution in [2.24, 2.45) is 4.99 Å². The summed E-state index contributed by atoms with van der Waals surface area (Å²) in [7, 11) is -3.17. The molecule has 0 saturated heterocycles. The minimum Gasteiger partial charge on any atom is -0.321 e. The average molecular weight is 346 g/mol. The van der Waals surface area contributed by atoms with Crippen LogP contribution in [0.4, 0.5) is 5.69 Å². The molecule has 1 unspecified atom stereocenters. The molecule has 6 nitrogen and oxygen atoms in total. The van der Waals surface area contributed by atoms with Crippen molar-refractivity contribution in [2.75, 3.05) is 6.29 Å². The average Bonchev–Trinajstić information content (AvgIpc) is 2.55. The molecule has 0 aliphatic carbocycles. The molecule has 2 rings (SSSR count). The first-order valence-corrected chi connectivity index (χ1v) is 9.30. The Morgan fingerprint density at radius 3 is 2.42 bits per heavy atom. The van der Waals surface area contributed by atoms with Crippen LogP contribution in [-0.4, -0.2) is 23.5 Å². The molecule has 2 aromatic carbocycles. The van der Waals surface area contributed by atoms with Crippen LogP contribution in [0.25, 0.3) is 0 Å². The first-order valence-electron chi connectivity index (χ1n) is 7.49. The van der Waals surface area contributed by atoms with Gasteiger partial charge in [-0.3, -0.25) is 19.7 Å². The standard InChI is InChI=1S/C17H19N2O4P/c1-14(2)23-24(22,16-9-4-3-5-10-16)13-18-12-15-8-6-7-11-17(15)19(20)21/h3-12,14H,13H2,1-2H3/b18-12+. The molecule has 0 aromatic heterocycles. The van der Waals surface area contributed by atoms with Crippen LogP contribution in [0.15, 0.2) is 59.6 Å². The number of nitrogens with zero attached hydrogens (tertiary/aromatic N) is 2. The van der Waals surface area contributed by atoms with E-state index in [1.54, 1.807) is 56.3 Å². The van der Waals surface area contributed by atoms with Gasteiger partial charge in [-0.1, -0.05) is 30.3 Å². The van der Waals surface area contributed by atoms with Gasteiger partial charge in [-0.05, 0) is 32.0 Å². The summed E-state index contributed by atoms with van der Waals surface area (Å²) >= 11 is 0.